The van der Waals surface area contributed by atoms with Gasteiger partial charge in [-0.25, -0.2) is 4.79 Å². The van der Waals surface area contributed by atoms with Gasteiger partial charge in [0, 0.05) is 14.1 Å². The third kappa shape index (κ3) is 1.03. The predicted molar refractivity (Wildman–Crippen MR) is 46.1 cm³/mol. The Hall–Kier alpha value is -1.10. The highest BCUT2D eigenvalue weighted by Crippen LogP contribution is 2.21. The Morgan fingerprint density at radius 2 is 2.08 bits per heavy atom. The SMILES string of the molecule is CN1C(=O)C2NCCC2N(C)C1=O. The summed E-state index contributed by atoms with van der Waals surface area (Å²) in [6, 6.07) is -0.334. The minimum absolute atomic E-state index is 0.0520. The first kappa shape index (κ1) is 8.50. The van der Waals surface area contributed by atoms with E-state index in [4.69, 9.17) is 0 Å². The smallest absolute Gasteiger partial charge is 0.322 e. The zero-order chi connectivity index (χ0) is 9.59. The van der Waals surface area contributed by atoms with Crippen LogP contribution in [0.3, 0.4) is 0 Å². The van der Waals surface area contributed by atoms with Crippen LogP contribution in [0.25, 0.3) is 0 Å². The number of rotatable bonds is 0. The van der Waals surface area contributed by atoms with Gasteiger partial charge in [0.25, 0.3) is 0 Å². The van der Waals surface area contributed by atoms with Gasteiger partial charge < -0.3 is 10.2 Å². The largest absolute Gasteiger partial charge is 0.326 e. The minimum Gasteiger partial charge on any atom is -0.322 e. The molecule has 2 heterocycles. The molecule has 0 aromatic rings. The van der Waals surface area contributed by atoms with Crippen LogP contribution in [0.2, 0.25) is 0 Å². The first-order valence-electron chi connectivity index (χ1n) is 4.40. The van der Waals surface area contributed by atoms with Crippen LogP contribution in [-0.4, -0.2) is 54.5 Å². The maximum Gasteiger partial charge on any atom is 0.326 e. The summed E-state index contributed by atoms with van der Waals surface area (Å²) in [5.74, 6) is -0.106. The van der Waals surface area contributed by atoms with Crippen LogP contribution in [0.1, 0.15) is 6.42 Å². The molecule has 0 aromatic carbocycles. The van der Waals surface area contributed by atoms with E-state index in [2.05, 4.69) is 5.32 Å². The first-order valence-corrected chi connectivity index (χ1v) is 4.40. The Kier molecular flexibility index (Phi) is 1.76. The first-order chi connectivity index (χ1) is 6.13. The highest BCUT2D eigenvalue weighted by atomic mass is 16.2. The Bertz CT molecular complexity index is 266. The Balaban J connectivity index is 2.29. The molecule has 0 saturated carbocycles. The fraction of sp³-hybridized carbons (Fsp3) is 0.750. The van der Waals surface area contributed by atoms with E-state index in [1.54, 1.807) is 11.9 Å². The van der Waals surface area contributed by atoms with E-state index in [1.165, 1.54) is 11.9 Å². The summed E-state index contributed by atoms with van der Waals surface area (Å²) in [5, 5.41) is 3.10. The molecule has 2 aliphatic heterocycles. The van der Waals surface area contributed by atoms with E-state index >= 15 is 0 Å². The van der Waals surface area contributed by atoms with Crippen molar-refractivity contribution in [2.24, 2.45) is 0 Å². The molecule has 2 saturated heterocycles. The van der Waals surface area contributed by atoms with Crippen molar-refractivity contribution in [3.05, 3.63) is 0 Å². The van der Waals surface area contributed by atoms with Crippen molar-refractivity contribution >= 4 is 11.9 Å². The van der Waals surface area contributed by atoms with Gasteiger partial charge in [-0.05, 0) is 13.0 Å². The van der Waals surface area contributed by atoms with Gasteiger partial charge in [-0.2, -0.15) is 0 Å². The third-order valence-electron chi connectivity index (χ3n) is 2.87. The summed E-state index contributed by atoms with van der Waals surface area (Å²) in [7, 11) is 3.27. The lowest BCUT2D eigenvalue weighted by molar-refractivity contribution is -0.133. The molecule has 1 N–H and O–H groups in total. The minimum atomic E-state index is -0.199. The number of nitrogens with one attached hydrogen (secondary N) is 1. The molecule has 2 atom stereocenters. The molecule has 0 bridgehead atoms. The van der Waals surface area contributed by atoms with Crippen LogP contribution in [0, 0.1) is 0 Å². The van der Waals surface area contributed by atoms with Gasteiger partial charge in [0.1, 0.15) is 6.04 Å². The van der Waals surface area contributed by atoms with E-state index in [0.717, 1.165) is 13.0 Å². The zero-order valence-corrected chi connectivity index (χ0v) is 7.78. The van der Waals surface area contributed by atoms with Crippen LogP contribution in [0.5, 0.6) is 0 Å². The molecule has 2 rings (SSSR count). The maximum absolute atomic E-state index is 11.6. The number of hydrogen-bond donors (Lipinski definition) is 1. The summed E-state index contributed by atoms with van der Waals surface area (Å²) in [5.41, 5.74) is 0. The van der Waals surface area contributed by atoms with Gasteiger partial charge in [-0.1, -0.05) is 0 Å². The molecule has 0 aliphatic carbocycles. The Morgan fingerprint density at radius 3 is 2.77 bits per heavy atom. The summed E-state index contributed by atoms with van der Waals surface area (Å²) >= 11 is 0. The van der Waals surface area contributed by atoms with E-state index in [1.807, 2.05) is 0 Å². The summed E-state index contributed by atoms with van der Waals surface area (Å²) in [6.07, 6.45) is 0.868. The van der Waals surface area contributed by atoms with Crippen LogP contribution in [0.4, 0.5) is 4.79 Å². The molecule has 2 unspecified atom stereocenters. The lowest BCUT2D eigenvalue weighted by atomic mass is 10.1. The van der Waals surface area contributed by atoms with Gasteiger partial charge in [-0.15, -0.1) is 0 Å². The summed E-state index contributed by atoms with van der Waals surface area (Å²) in [6.45, 7) is 0.812. The maximum atomic E-state index is 11.6. The van der Waals surface area contributed by atoms with Crippen molar-refractivity contribution in [2.45, 2.75) is 18.5 Å². The average Bonchev–Trinajstić information content (AvgIpc) is 2.59. The van der Waals surface area contributed by atoms with Crippen molar-refractivity contribution in [1.82, 2.24) is 15.1 Å². The average molecular weight is 183 g/mol. The van der Waals surface area contributed by atoms with E-state index in [-0.39, 0.29) is 24.0 Å². The molecule has 5 nitrogen and oxygen atoms in total. The van der Waals surface area contributed by atoms with Crippen LogP contribution >= 0.6 is 0 Å². The molecule has 72 valence electrons. The van der Waals surface area contributed by atoms with Gasteiger partial charge in [0.2, 0.25) is 5.91 Å². The Labute approximate surface area is 76.7 Å². The number of likely N-dealkylation sites (N-methyl/N-ethyl adjacent to an activating group) is 2. The number of carbonyl (C=O) groups excluding carboxylic acids is 2. The predicted octanol–water partition coefficient (Wildman–Crippen LogP) is -0.759. The lowest BCUT2D eigenvalue weighted by Crippen LogP contribution is -2.62. The van der Waals surface area contributed by atoms with Crippen molar-refractivity contribution < 1.29 is 9.59 Å². The number of carbonyl (C=O) groups is 2. The second-order valence-corrected chi connectivity index (χ2v) is 3.58. The third-order valence-corrected chi connectivity index (χ3v) is 2.87. The highest BCUT2D eigenvalue weighted by molar-refractivity contribution is 6.00. The molecule has 0 radical (unpaired) electrons. The molecule has 2 fully saturated rings. The Morgan fingerprint density at radius 1 is 1.38 bits per heavy atom. The van der Waals surface area contributed by atoms with E-state index in [9.17, 15) is 9.59 Å². The molecular weight excluding hydrogens is 170 g/mol. The molecule has 0 aromatic heterocycles. The monoisotopic (exact) mass is 183 g/mol. The number of fused-ring (bicyclic) bond motifs is 1. The number of imide groups is 1. The number of hydrogen-bond acceptors (Lipinski definition) is 3. The number of amides is 3. The van der Waals surface area contributed by atoms with Crippen LogP contribution in [-0.2, 0) is 4.79 Å². The van der Waals surface area contributed by atoms with Gasteiger partial charge in [0.15, 0.2) is 0 Å². The van der Waals surface area contributed by atoms with Crippen molar-refractivity contribution in [1.29, 1.82) is 0 Å². The second kappa shape index (κ2) is 2.70. The molecule has 0 spiro atoms. The molecule has 3 amide bonds. The van der Waals surface area contributed by atoms with Gasteiger partial charge >= 0.3 is 6.03 Å². The molecule has 5 heteroatoms. The zero-order valence-electron chi connectivity index (χ0n) is 7.78. The van der Waals surface area contributed by atoms with E-state index < -0.39 is 0 Å². The molecule has 2 aliphatic rings. The quantitative estimate of drug-likeness (QED) is 0.537. The molecular formula is C8H13N3O2. The fourth-order valence-corrected chi connectivity index (χ4v) is 2.04. The van der Waals surface area contributed by atoms with Crippen molar-refractivity contribution in [3.8, 4) is 0 Å². The fourth-order valence-electron chi connectivity index (χ4n) is 2.04. The summed E-state index contributed by atoms with van der Waals surface area (Å²) in [4.78, 5) is 25.9. The normalized spacial score (nSPS) is 34.0. The van der Waals surface area contributed by atoms with Crippen LogP contribution in [0.15, 0.2) is 0 Å². The lowest BCUT2D eigenvalue weighted by Gasteiger charge is -2.37. The topological polar surface area (TPSA) is 52.7 Å². The standard InChI is InChI=1S/C8H13N3O2/c1-10-5-3-4-9-6(5)7(12)11(2)8(10)13/h5-6,9H,3-4H2,1-2H3. The van der Waals surface area contributed by atoms with Gasteiger partial charge in [0.05, 0.1) is 6.04 Å². The number of urea groups is 1. The van der Waals surface area contributed by atoms with Gasteiger partial charge in [-0.3, -0.25) is 9.69 Å². The van der Waals surface area contributed by atoms with Crippen molar-refractivity contribution in [2.75, 3.05) is 20.6 Å². The molecule has 13 heavy (non-hydrogen) atoms. The highest BCUT2D eigenvalue weighted by Gasteiger charge is 2.45. The second-order valence-electron chi connectivity index (χ2n) is 3.58. The number of nitrogens with zero attached hydrogens (tertiary/aromatic N) is 2. The van der Waals surface area contributed by atoms with Crippen molar-refractivity contribution in [3.63, 3.8) is 0 Å². The summed E-state index contributed by atoms with van der Waals surface area (Å²) < 4.78 is 0. The van der Waals surface area contributed by atoms with Crippen LogP contribution < -0.4 is 5.32 Å². The van der Waals surface area contributed by atoms with E-state index in [0.29, 0.717) is 0 Å².